The average molecular weight is 313 g/mol. The van der Waals surface area contributed by atoms with Crippen LogP contribution < -0.4 is 0 Å². The fraction of sp³-hybridized carbons (Fsp3) is 0.478. The normalized spacial score (nSPS) is 14.9. The van der Waals surface area contributed by atoms with Crippen LogP contribution in [0.25, 0.3) is 0 Å². The summed E-state index contributed by atoms with van der Waals surface area (Å²) in [6.45, 7) is 21.2. The van der Waals surface area contributed by atoms with E-state index in [1.807, 2.05) is 19.9 Å². The van der Waals surface area contributed by atoms with E-state index in [1.165, 1.54) is 24.8 Å². The SMILES string of the molecule is C=C(C)/C=C\C(=C/C)C(=C)/C=C\C(=C/C)C(CC)CCC(C)C. The summed E-state index contributed by atoms with van der Waals surface area (Å²) < 4.78 is 0. The monoisotopic (exact) mass is 312 g/mol. The van der Waals surface area contributed by atoms with Gasteiger partial charge in [-0.3, -0.25) is 0 Å². The van der Waals surface area contributed by atoms with Gasteiger partial charge in [0.05, 0.1) is 0 Å². The Kier molecular flexibility index (Phi) is 11.1. The maximum Gasteiger partial charge on any atom is -0.0168 e. The minimum absolute atomic E-state index is 0.645. The third kappa shape index (κ3) is 9.23. The predicted molar refractivity (Wildman–Crippen MR) is 108 cm³/mol. The van der Waals surface area contributed by atoms with Crippen LogP contribution >= 0.6 is 0 Å². The molecule has 0 aromatic rings. The lowest BCUT2D eigenvalue weighted by molar-refractivity contribution is 0.462. The van der Waals surface area contributed by atoms with Gasteiger partial charge in [-0.05, 0) is 62.2 Å². The second-order valence-electron chi connectivity index (χ2n) is 6.65. The van der Waals surface area contributed by atoms with Crippen molar-refractivity contribution in [3.63, 3.8) is 0 Å². The second kappa shape index (κ2) is 11.9. The van der Waals surface area contributed by atoms with Crippen molar-refractivity contribution in [2.75, 3.05) is 0 Å². The number of hydrogen-bond acceptors (Lipinski definition) is 0. The molecule has 0 saturated carbocycles. The minimum Gasteiger partial charge on any atom is -0.0961 e. The molecule has 1 unspecified atom stereocenters. The Morgan fingerprint density at radius 1 is 0.913 bits per heavy atom. The van der Waals surface area contributed by atoms with Crippen molar-refractivity contribution in [3.8, 4) is 0 Å². The van der Waals surface area contributed by atoms with E-state index in [9.17, 15) is 0 Å². The fourth-order valence-corrected chi connectivity index (χ4v) is 2.52. The summed E-state index contributed by atoms with van der Waals surface area (Å²) in [5.41, 5.74) is 4.67. The second-order valence-corrected chi connectivity index (χ2v) is 6.65. The molecule has 0 aromatic heterocycles. The van der Waals surface area contributed by atoms with E-state index in [0.29, 0.717) is 5.92 Å². The third-order valence-electron chi connectivity index (χ3n) is 4.10. The number of rotatable bonds is 10. The highest BCUT2D eigenvalue weighted by Gasteiger charge is 2.10. The van der Waals surface area contributed by atoms with E-state index in [2.05, 4.69) is 71.2 Å². The van der Waals surface area contributed by atoms with Crippen molar-refractivity contribution in [1.29, 1.82) is 0 Å². The van der Waals surface area contributed by atoms with Crippen molar-refractivity contribution >= 4 is 0 Å². The Labute approximate surface area is 145 Å². The van der Waals surface area contributed by atoms with Gasteiger partial charge in [0.1, 0.15) is 0 Å². The highest BCUT2D eigenvalue weighted by Crippen LogP contribution is 2.25. The van der Waals surface area contributed by atoms with Crippen LogP contribution in [0.15, 0.2) is 71.9 Å². The molecule has 0 saturated heterocycles. The van der Waals surface area contributed by atoms with Gasteiger partial charge in [0.25, 0.3) is 0 Å². The summed E-state index contributed by atoms with van der Waals surface area (Å²) >= 11 is 0. The first-order valence-electron chi connectivity index (χ1n) is 8.89. The highest BCUT2D eigenvalue weighted by atomic mass is 14.2. The van der Waals surface area contributed by atoms with Crippen LogP contribution in [0.3, 0.4) is 0 Å². The van der Waals surface area contributed by atoms with Crippen LogP contribution in [0.4, 0.5) is 0 Å². The minimum atomic E-state index is 0.645. The van der Waals surface area contributed by atoms with Crippen molar-refractivity contribution < 1.29 is 0 Å². The smallest absolute Gasteiger partial charge is 0.0168 e. The zero-order chi connectivity index (χ0) is 17.8. The maximum atomic E-state index is 4.21. The third-order valence-corrected chi connectivity index (χ3v) is 4.10. The van der Waals surface area contributed by atoms with Gasteiger partial charge in [-0.25, -0.2) is 0 Å². The lowest BCUT2D eigenvalue weighted by atomic mass is 9.88. The highest BCUT2D eigenvalue weighted by molar-refractivity contribution is 5.47. The Balaban J connectivity index is 4.99. The lowest BCUT2D eigenvalue weighted by Crippen LogP contribution is -2.03. The Hall–Kier alpha value is -1.56. The first-order chi connectivity index (χ1) is 10.8. The van der Waals surface area contributed by atoms with Gasteiger partial charge < -0.3 is 0 Å². The van der Waals surface area contributed by atoms with Gasteiger partial charge in [-0.2, -0.15) is 0 Å². The summed E-state index contributed by atoms with van der Waals surface area (Å²) in [6.07, 6.45) is 16.6. The van der Waals surface area contributed by atoms with Gasteiger partial charge in [-0.15, -0.1) is 0 Å². The van der Waals surface area contributed by atoms with E-state index >= 15 is 0 Å². The van der Waals surface area contributed by atoms with Crippen LogP contribution in [-0.2, 0) is 0 Å². The van der Waals surface area contributed by atoms with Crippen LogP contribution in [0, 0.1) is 11.8 Å². The van der Waals surface area contributed by atoms with Crippen LogP contribution in [0.5, 0.6) is 0 Å². The zero-order valence-corrected chi connectivity index (χ0v) is 16.2. The molecule has 0 spiro atoms. The van der Waals surface area contributed by atoms with Gasteiger partial charge in [-0.1, -0.05) is 82.4 Å². The van der Waals surface area contributed by atoms with E-state index in [-0.39, 0.29) is 0 Å². The van der Waals surface area contributed by atoms with Crippen molar-refractivity contribution in [2.24, 2.45) is 11.8 Å². The topological polar surface area (TPSA) is 0 Å². The largest absolute Gasteiger partial charge is 0.0961 e. The lowest BCUT2D eigenvalue weighted by Gasteiger charge is -2.17. The molecule has 0 aromatic carbocycles. The molecule has 0 heteroatoms. The van der Waals surface area contributed by atoms with Crippen molar-refractivity contribution in [3.05, 3.63) is 71.9 Å². The number of allylic oxidation sites excluding steroid dienone is 10. The Bertz CT molecular complexity index is 492. The standard InChI is InChI=1S/C23H36/c1-9-21(15-12-18(4)5)20(8)14-17-23(11-3)22(10-2)16-13-19(6)7/h9,11-12,14-15,17,19,22H,4,8,10,13,16H2,1-3,5-7H3/b15-12-,17-14-,21-9+,23-11+. The molecule has 0 aliphatic rings. The van der Waals surface area contributed by atoms with E-state index in [4.69, 9.17) is 0 Å². The summed E-state index contributed by atoms with van der Waals surface area (Å²) in [4.78, 5) is 0. The zero-order valence-electron chi connectivity index (χ0n) is 16.2. The molecule has 128 valence electrons. The van der Waals surface area contributed by atoms with Crippen LogP contribution in [0.1, 0.15) is 60.8 Å². The van der Waals surface area contributed by atoms with Gasteiger partial charge in [0.15, 0.2) is 0 Å². The Morgan fingerprint density at radius 3 is 2.00 bits per heavy atom. The average Bonchev–Trinajstić information content (AvgIpc) is 2.50. The molecule has 0 bridgehead atoms. The summed E-state index contributed by atoms with van der Waals surface area (Å²) in [5.74, 6) is 1.41. The molecule has 0 heterocycles. The first-order valence-corrected chi connectivity index (χ1v) is 8.89. The first kappa shape index (κ1) is 21.4. The van der Waals surface area contributed by atoms with Gasteiger partial charge in [0, 0.05) is 0 Å². The van der Waals surface area contributed by atoms with Crippen molar-refractivity contribution in [2.45, 2.75) is 60.8 Å². The van der Waals surface area contributed by atoms with Gasteiger partial charge in [0.2, 0.25) is 0 Å². The molecule has 0 N–H and O–H groups in total. The molecular weight excluding hydrogens is 276 g/mol. The predicted octanol–water partition coefficient (Wildman–Crippen LogP) is 7.59. The van der Waals surface area contributed by atoms with Gasteiger partial charge >= 0.3 is 0 Å². The molecular formula is C23H36. The molecule has 0 aliphatic heterocycles. The molecule has 0 aliphatic carbocycles. The van der Waals surface area contributed by atoms with Crippen molar-refractivity contribution in [1.82, 2.24) is 0 Å². The number of hydrogen-bond donors (Lipinski definition) is 0. The maximum absolute atomic E-state index is 4.21. The van der Waals surface area contributed by atoms with E-state index in [0.717, 1.165) is 22.6 Å². The molecule has 0 amide bonds. The molecule has 0 rings (SSSR count). The molecule has 0 fully saturated rings. The van der Waals surface area contributed by atoms with Crippen LogP contribution in [-0.4, -0.2) is 0 Å². The van der Waals surface area contributed by atoms with E-state index in [1.54, 1.807) is 0 Å². The quantitative estimate of drug-likeness (QED) is 0.364. The summed E-state index contributed by atoms with van der Waals surface area (Å²) in [6, 6.07) is 0. The molecule has 0 nitrogen and oxygen atoms in total. The molecule has 1 atom stereocenters. The Morgan fingerprint density at radius 2 is 1.57 bits per heavy atom. The summed E-state index contributed by atoms with van der Waals surface area (Å²) in [5, 5.41) is 0. The molecule has 0 radical (unpaired) electrons. The fourth-order valence-electron chi connectivity index (χ4n) is 2.52. The van der Waals surface area contributed by atoms with Crippen LogP contribution in [0.2, 0.25) is 0 Å². The summed E-state index contributed by atoms with van der Waals surface area (Å²) in [7, 11) is 0. The molecule has 23 heavy (non-hydrogen) atoms. The van der Waals surface area contributed by atoms with E-state index < -0.39 is 0 Å².